The van der Waals surface area contributed by atoms with Crippen LogP contribution in [0, 0.1) is 0 Å². The highest BCUT2D eigenvalue weighted by molar-refractivity contribution is 6.13. The number of phenolic OH excluding ortho intramolecular Hbond substituents is 4. The smallest absolute Gasteiger partial charge is 0.211 e. The summed E-state index contributed by atoms with van der Waals surface area (Å²) in [5.41, 5.74) is -0.370. The SMILES string of the molecule is CCCCCCCCOc1c(O)c(O)c(C(=O)c2ccccc2)c(O)c1O. The van der Waals surface area contributed by atoms with E-state index in [9.17, 15) is 25.2 Å². The maximum Gasteiger partial charge on any atom is 0.211 e. The van der Waals surface area contributed by atoms with Gasteiger partial charge in [-0.15, -0.1) is 0 Å². The van der Waals surface area contributed by atoms with Gasteiger partial charge in [0.25, 0.3) is 0 Å². The van der Waals surface area contributed by atoms with Crippen LogP contribution in [0.15, 0.2) is 30.3 Å². The molecule has 146 valence electrons. The number of carbonyl (C=O) groups excluding carboxylic acids is 1. The van der Waals surface area contributed by atoms with Gasteiger partial charge in [0.15, 0.2) is 11.5 Å². The van der Waals surface area contributed by atoms with Crippen molar-refractivity contribution < 1.29 is 30.0 Å². The topological polar surface area (TPSA) is 107 Å². The maximum atomic E-state index is 12.5. The standard InChI is InChI=1S/C21H26O6/c1-2-3-4-5-6-10-13-27-21-19(25)17(23)15(18(24)20(21)26)16(22)14-11-8-7-9-12-14/h7-9,11-12,23-26H,2-6,10,13H2,1H3. The second-order valence-electron chi connectivity index (χ2n) is 6.41. The van der Waals surface area contributed by atoms with Gasteiger partial charge in [-0.05, 0) is 6.42 Å². The van der Waals surface area contributed by atoms with Crippen LogP contribution < -0.4 is 4.74 Å². The predicted octanol–water partition coefficient (Wildman–Crippen LogP) is 4.48. The maximum absolute atomic E-state index is 12.5. The molecule has 0 aromatic heterocycles. The van der Waals surface area contributed by atoms with Crippen LogP contribution in [0.25, 0.3) is 0 Å². The zero-order valence-electron chi connectivity index (χ0n) is 15.4. The molecule has 2 aromatic carbocycles. The first-order valence-electron chi connectivity index (χ1n) is 9.21. The second kappa shape index (κ2) is 9.71. The van der Waals surface area contributed by atoms with Gasteiger partial charge in [-0.25, -0.2) is 0 Å². The minimum Gasteiger partial charge on any atom is -0.504 e. The average molecular weight is 374 g/mol. The van der Waals surface area contributed by atoms with Crippen LogP contribution in [0.2, 0.25) is 0 Å². The molecule has 0 saturated carbocycles. The average Bonchev–Trinajstić information content (AvgIpc) is 2.68. The molecule has 6 heteroatoms. The van der Waals surface area contributed by atoms with E-state index in [-0.39, 0.29) is 12.2 Å². The lowest BCUT2D eigenvalue weighted by Gasteiger charge is -2.15. The Kier molecular flexibility index (Phi) is 7.34. The van der Waals surface area contributed by atoms with Gasteiger partial charge < -0.3 is 25.2 Å². The van der Waals surface area contributed by atoms with Gasteiger partial charge in [0, 0.05) is 5.56 Å². The van der Waals surface area contributed by atoms with Crippen LogP contribution in [0.1, 0.15) is 61.4 Å². The lowest BCUT2D eigenvalue weighted by atomic mass is 10.00. The van der Waals surface area contributed by atoms with Crippen LogP contribution in [0.3, 0.4) is 0 Å². The Morgan fingerprint density at radius 2 is 1.37 bits per heavy atom. The van der Waals surface area contributed by atoms with E-state index in [1.807, 2.05) is 0 Å². The quantitative estimate of drug-likeness (QED) is 0.211. The molecule has 0 bridgehead atoms. The van der Waals surface area contributed by atoms with E-state index in [1.54, 1.807) is 18.2 Å². The third-order valence-electron chi connectivity index (χ3n) is 4.36. The van der Waals surface area contributed by atoms with Gasteiger partial charge >= 0.3 is 0 Å². The number of rotatable bonds is 10. The van der Waals surface area contributed by atoms with Gasteiger partial charge in [0.2, 0.25) is 23.0 Å². The van der Waals surface area contributed by atoms with Crippen LogP contribution in [0.5, 0.6) is 28.7 Å². The van der Waals surface area contributed by atoms with Crippen molar-refractivity contribution in [2.24, 2.45) is 0 Å². The van der Waals surface area contributed by atoms with E-state index in [1.165, 1.54) is 18.6 Å². The summed E-state index contributed by atoms with van der Waals surface area (Å²) in [5, 5.41) is 40.7. The van der Waals surface area contributed by atoms with Crippen molar-refractivity contribution in [3.63, 3.8) is 0 Å². The Morgan fingerprint density at radius 1 is 0.815 bits per heavy atom. The summed E-state index contributed by atoms with van der Waals surface area (Å²) in [6.45, 7) is 2.35. The predicted molar refractivity (Wildman–Crippen MR) is 102 cm³/mol. The molecule has 0 atom stereocenters. The molecule has 2 rings (SSSR count). The van der Waals surface area contributed by atoms with E-state index >= 15 is 0 Å². The fraction of sp³-hybridized carbons (Fsp3) is 0.381. The van der Waals surface area contributed by atoms with Gasteiger partial charge in [-0.2, -0.15) is 0 Å². The van der Waals surface area contributed by atoms with E-state index in [4.69, 9.17) is 4.74 Å². The lowest BCUT2D eigenvalue weighted by molar-refractivity contribution is 0.103. The van der Waals surface area contributed by atoms with Crippen molar-refractivity contribution >= 4 is 5.78 Å². The molecule has 0 amide bonds. The molecular weight excluding hydrogens is 348 g/mol. The van der Waals surface area contributed by atoms with Crippen LogP contribution in [-0.4, -0.2) is 32.8 Å². The number of carbonyl (C=O) groups is 1. The number of benzene rings is 2. The fourth-order valence-corrected chi connectivity index (χ4v) is 2.82. The highest BCUT2D eigenvalue weighted by atomic mass is 16.5. The van der Waals surface area contributed by atoms with Crippen molar-refractivity contribution in [2.45, 2.75) is 45.4 Å². The Bertz CT molecular complexity index is 741. The fourth-order valence-electron chi connectivity index (χ4n) is 2.82. The second-order valence-corrected chi connectivity index (χ2v) is 6.41. The molecule has 0 saturated heterocycles. The summed E-state index contributed by atoms with van der Waals surface area (Å²) >= 11 is 0. The van der Waals surface area contributed by atoms with Gasteiger partial charge in [-0.3, -0.25) is 4.79 Å². The van der Waals surface area contributed by atoms with Crippen molar-refractivity contribution in [3.05, 3.63) is 41.5 Å². The molecule has 0 spiro atoms. The minimum absolute atomic E-state index is 0.197. The van der Waals surface area contributed by atoms with Crippen LogP contribution in [0.4, 0.5) is 0 Å². The van der Waals surface area contributed by atoms with Crippen LogP contribution in [-0.2, 0) is 0 Å². The number of phenols is 4. The zero-order chi connectivity index (χ0) is 19.8. The Hall–Kier alpha value is -2.89. The van der Waals surface area contributed by atoms with Gasteiger partial charge in [0.1, 0.15) is 5.56 Å². The molecule has 0 radical (unpaired) electrons. The molecule has 0 heterocycles. The Labute approximate surface area is 158 Å². The molecule has 0 aliphatic carbocycles. The summed E-state index contributed by atoms with van der Waals surface area (Å²) in [7, 11) is 0. The first-order chi connectivity index (χ1) is 13.0. The molecule has 0 aliphatic heterocycles. The third kappa shape index (κ3) is 4.84. The number of ether oxygens (including phenoxy) is 1. The van der Waals surface area contributed by atoms with Crippen molar-refractivity contribution in [1.82, 2.24) is 0 Å². The number of ketones is 1. The molecule has 0 unspecified atom stereocenters. The monoisotopic (exact) mass is 374 g/mol. The lowest BCUT2D eigenvalue weighted by Crippen LogP contribution is -2.04. The van der Waals surface area contributed by atoms with Crippen molar-refractivity contribution in [3.8, 4) is 28.7 Å². The Morgan fingerprint density at radius 3 is 1.96 bits per heavy atom. The highest BCUT2D eigenvalue weighted by Crippen LogP contribution is 2.52. The number of unbranched alkanes of at least 4 members (excludes halogenated alkanes) is 5. The zero-order valence-corrected chi connectivity index (χ0v) is 15.4. The third-order valence-corrected chi connectivity index (χ3v) is 4.36. The summed E-state index contributed by atoms with van der Waals surface area (Å²) < 4.78 is 5.34. The molecule has 2 aromatic rings. The van der Waals surface area contributed by atoms with E-state index in [0.29, 0.717) is 6.42 Å². The number of hydrogen-bond donors (Lipinski definition) is 4. The van der Waals surface area contributed by atoms with Crippen LogP contribution >= 0.6 is 0 Å². The Balaban J connectivity index is 2.14. The first kappa shape index (κ1) is 20.4. The summed E-state index contributed by atoms with van der Waals surface area (Å²) in [4.78, 5) is 12.5. The van der Waals surface area contributed by atoms with Crippen molar-refractivity contribution in [1.29, 1.82) is 0 Å². The van der Waals surface area contributed by atoms with Gasteiger partial charge in [-0.1, -0.05) is 69.4 Å². The summed E-state index contributed by atoms with van der Waals surface area (Å²) in [6, 6.07) is 7.96. The molecule has 6 nitrogen and oxygen atoms in total. The first-order valence-corrected chi connectivity index (χ1v) is 9.21. The summed E-state index contributed by atoms with van der Waals surface area (Å²) in [6.07, 6.45) is 6.19. The molecule has 0 fully saturated rings. The summed E-state index contributed by atoms with van der Waals surface area (Å²) in [5.74, 6) is -4.33. The number of hydrogen-bond acceptors (Lipinski definition) is 6. The van der Waals surface area contributed by atoms with Crippen molar-refractivity contribution in [2.75, 3.05) is 6.61 Å². The molecule has 4 N–H and O–H groups in total. The highest BCUT2D eigenvalue weighted by Gasteiger charge is 2.29. The largest absolute Gasteiger partial charge is 0.504 e. The van der Waals surface area contributed by atoms with Gasteiger partial charge in [0.05, 0.1) is 6.61 Å². The van der Waals surface area contributed by atoms with E-state index in [2.05, 4.69) is 6.92 Å². The minimum atomic E-state index is -0.822. The number of aromatic hydroxyl groups is 4. The normalized spacial score (nSPS) is 10.7. The molecule has 0 aliphatic rings. The molecular formula is C21H26O6. The molecule has 27 heavy (non-hydrogen) atoms. The van der Waals surface area contributed by atoms with E-state index in [0.717, 1.165) is 25.7 Å². The van der Waals surface area contributed by atoms with E-state index < -0.39 is 40.1 Å².